The van der Waals surface area contributed by atoms with Gasteiger partial charge in [-0.25, -0.2) is 0 Å². The van der Waals surface area contributed by atoms with Crippen LogP contribution in [-0.4, -0.2) is 29.5 Å². The molecule has 1 aromatic heterocycles. The third-order valence-corrected chi connectivity index (χ3v) is 5.78. The summed E-state index contributed by atoms with van der Waals surface area (Å²) in [6.07, 6.45) is 0. The van der Waals surface area contributed by atoms with Gasteiger partial charge in [-0.3, -0.25) is 4.79 Å². The minimum Gasteiger partial charge on any atom is -0.350 e. The highest BCUT2D eigenvalue weighted by molar-refractivity contribution is 7.73. The van der Waals surface area contributed by atoms with Crippen LogP contribution in [0.1, 0.15) is 16.7 Å². The zero-order valence-electron chi connectivity index (χ0n) is 16.4. The fraction of sp³-hybridized carbons (Fsp3) is 0.273. The summed E-state index contributed by atoms with van der Waals surface area (Å²) in [5.41, 5.74) is 5.62. The molecule has 0 bridgehead atoms. The van der Waals surface area contributed by atoms with Crippen molar-refractivity contribution in [2.45, 2.75) is 26.6 Å². The van der Waals surface area contributed by atoms with E-state index < -0.39 is 0 Å². The topological polar surface area (TPSA) is 37.3 Å². The molecule has 0 unspecified atom stereocenters. The van der Waals surface area contributed by atoms with Gasteiger partial charge in [-0.15, -0.1) is 11.3 Å². The second-order valence-corrected chi connectivity index (χ2v) is 8.63. The lowest BCUT2D eigenvalue weighted by atomic mass is 10.1. The summed E-state index contributed by atoms with van der Waals surface area (Å²) in [5, 5.41) is 5.07. The lowest BCUT2D eigenvalue weighted by Gasteiger charge is -2.15. The second kappa shape index (κ2) is 9.28. The molecule has 146 valence electrons. The average molecular weight is 412 g/mol. The predicted octanol–water partition coefficient (Wildman–Crippen LogP) is 4.63. The Labute approximate surface area is 175 Å². The maximum atomic E-state index is 12.6. The monoisotopic (exact) mass is 411 g/mol. The molecule has 4 nitrogen and oxygen atoms in total. The third-order valence-electron chi connectivity index (χ3n) is 4.51. The number of hydrogen-bond acceptors (Lipinski definition) is 4. The standard InChI is InChI=1S/C22H25N3OS2/c1-16-8-10-17(11-9-16)20-15-28-22(27)25(20)14-21(26)23-12-18-6-4-5-7-19(18)13-24(2)3/h4-11,15H,12-14H2,1-3H3,(H,23,26). The summed E-state index contributed by atoms with van der Waals surface area (Å²) in [5.74, 6) is -0.0393. The van der Waals surface area contributed by atoms with E-state index in [1.807, 2.05) is 36.2 Å². The van der Waals surface area contributed by atoms with Crippen LogP contribution in [-0.2, 0) is 24.4 Å². The largest absolute Gasteiger partial charge is 0.350 e. The summed E-state index contributed by atoms with van der Waals surface area (Å²) < 4.78 is 2.62. The van der Waals surface area contributed by atoms with Gasteiger partial charge in [0.2, 0.25) is 5.91 Å². The maximum Gasteiger partial charge on any atom is 0.240 e. The number of aryl methyl sites for hydroxylation is 1. The third kappa shape index (κ3) is 5.16. The fourth-order valence-corrected chi connectivity index (χ4v) is 4.12. The minimum absolute atomic E-state index is 0.0393. The Morgan fingerprint density at radius 2 is 1.79 bits per heavy atom. The highest BCUT2D eigenvalue weighted by Crippen LogP contribution is 2.24. The van der Waals surface area contributed by atoms with Gasteiger partial charge in [0, 0.05) is 18.5 Å². The van der Waals surface area contributed by atoms with Gasteiger partial charge in [-0.05, 0) is 49.9 Å². The Kier molecular flexibility index (Phi) is 6.78. The van der Waals surface area contributed by atoms with E-state index in [9.17, 15) is 4.79 Å². The molecule has 3 rings (SSSR count). The zero-order chi connectivity index (χ0) is 20.1. The van der Waals surface area contributed by atoms with E-state index >= 15 is 0 Å². The van der Waals surface area contributed by atoms with Crippen molar-refractivity contribution in [3.63, 3.8) is 0 Å². The maximum absolute atomic E-state index is 12.6. The molecule has 0 saturated heterocycles. The number of thiazole rings is 1. The van der Waals surface area contributed by atoms with Crippen LogP contribution in [0.3, 0.4) is 0 Å². The van der Waals surface area contributed by atoms with E-state index in [-0.39, 0.29) is 12.5 Å². The van der Waals surface area contributed by atoms with Crippen LogP contribution in [0.25, 0.3) is 11.3 Å². The van der Waals surface area contributed by atoms with Gasteiger partial charge in [0.1, 0.15) is 6.54 Å². The first kappa shape index (κ1) is 20.5. The van der Waals surface area contributed by atoms with Crippen molar-refractivity contribution < 1.29 is 4.79 Å². The van der Waals surface area contributed by atoms with Crippen LogP contribution < -0.4 is 5.32 Å². The normalized spacial score (nSPS) is 11.0. The van der Waals surface area contributed by atoms with Gasteiger partial charge in [0.15, 0.2) is 3.95 Å². The van der Waals surface area contributed by atoms with E-state index in [1.165, 1.54) is 22.5 Å². The number of carbonyl (C=O) groups is 1. The molecule has 1 N–H and O–H groups in total. The van der Waals surface area contributed by atoms with E-state index in [1.54, 1.807) is 0 Å². The van der Waals surface area contributed by atoms with Crippen LogP contribution in [0.5, 0.6) is 0 Å². The minimum atomic E-state index is -0.0393. The first-order valence-electron chi connectivity index (χ1n) is 9.17. The first-order valence-corrected chi connectivity index (χ1v) is 10.5. The van der Waals surface area contributed by atoms with Crippen LogP contribution in [0, 0.1) is 10.9 Å². The van der Waals surface area contributed by atoms with Crippen molar-refractivity contribution in [3.05, 3.63) is 74.6 Å². The molecule has 0 aliphatic carbocycles. The smallest absolute Gasteiger partial charge is 0.240 e. The quantitative estimate of drug-likeness (QED) is 0.576. The Balaban J connectivity index is 1.71. The second-order valence-electron chi connectivity index (χ2n) is 7.12. The Bertz CT molecular complexity index is 1000. The zero-order valence-corrected chi connectivity index (χ0v) is 18.1. The Morgan fingerprint density at radius 3 is 2.46 bits per heavy atom. The van der Waals surface area contributed by atoms with Crippen LogP contribution in [0.4, 0.5) is 0 Å². The van der Waals surface area contributed by atoms with Crippen LogP contribution in [0.2, 0.25) is 0 Å². The van der Waals surface area contributed by atoms with Gasteiger partial charge >= 0.3 is 0 Å². The summed E-state index contributed by atoms with van der Waals surface area (Å²) in [7, 11) is 4.08. The van der Waals surface area contributed by atoms with E-state index in [0.29, 0.717) is 10.5 Å². The summed E-state index contributed by atoms with van der Waals surface area (Å²) in [4.78, 5) is 14.7. The number of rotatable bonds is 7. The van der Waals surface area contributed by atoms with Crippen molar-refractivity contribution in [2.75, 3.05) is 14.1 Å². The van der Waals surface area contributed by atoms with Gasteiger partial charge in [0.05, 0.1) is 5.69 Å². The molecule has 0 radical (unpaired) electrons. The molecular weight excluding hydrogens is 386 g/mol. The van der Waals surface area contributed by atoms with E-state index in [4.69, 9.17) is 12.2 Å². The van der Waals surface area contributed by atoms with Crippen LogP contribution >= 0.6 is 23.6 Å². The molecule has 3 aromatic rings. The molecule has 0 aliphatic rings. The van der Waals surface area contributed by atoms with Crippen molar-refractivity contribution in [1.82, 2.24) is 14.8 Å². The van der Waals surface area contributed by atoms with Gasteiger partial charge in [0.25, 0.3) is 0 Å². The highest BCUT2D eigenvalue weighted by atomic mass is 32.1. The highest BCUT2D eigenvalue weighted by Gasteiger charge is 2.12. The first-order chi connectivity index (χ1) is 13.4. The van der Waals surface area contributed by atoms with Crippen molar-refractivity contribution >= 4 is 29.5 Å². The van der Waals surface area contributed by atoms with E-state index in [0.717, 1.165) is 23.4 Å². The number of benzene rings is 2. The lowest BCUT2D eigenvalue weighted by Crippen LogP contribution is -2.28. The molecule has 0 saturated carbocycles. The Hall–Kier alpha value is -2.28. The molecule has 2 aromatic carbocycles. The van der Waals surface area contributed by atoms with Crippen molar-refractivity contribution in [1.29, 1.82) is 0 Å². The summed E-state index contributed by atoms with van der Waals surface area (Å²) in [6.45, 7) is 3.65. The molecule has 1 heterocycles. The summed E-state index contributed by atoms with van der Waals surface area (Å²) in [6, 6.07) is 16.5. The van der Waals surface area contributed by atoms with Gasteiger partial charge < -0.3 is 14.8 Å². The summed E-state index contributed by atoms with van der Waals surface area (Å²) >= 11 is 6.95. The van der Waals surface area contributed by atoms with Crippen LogP contribution in [0.15, 0.2) is 53.9 Å². The average Bonchev–Trinajstić information content (AvgIpc) is 3.02. The number of nitrogens with one attached hydrogen (secondary N) is 1. The number of amides is 1. The number of aromatic nitrogens is 1. The number of carbonyl (C=O) groups excluding carboxylic acids is 1. The predicted molar refractivity (Wildman–Crippen MR) is 119 cm³/mol. The van der Waals surface area contributed by atoms with E-state index in [2.05, 4.69) is 53.5 Å². The Morgan fingerprint density at radius 1 is 1.11 bits per heavy atom. The van der Waals surface area contributed by atoms with Gasteiger partial charge in [-0.1, -0.05) is 54.1 Å². The molecular formula is C22H25N3OS2. The fourth-order valence-electron chi connectivity index (χ4n) is 3.05. The molecule has 0 atom stereocenters. The lowest BCUT2D eigenvalue weighted by molar-refractivity contribution is -0.121. The molecule has 0 fully saturated rings. The molecule has 0 aliphatic heterocycles. The number of nitrogens with zero attached hydrogens (tertiary/aromatic N) is 2. The molecule has 6 heteroatoms. The SMILES string of the molecule is Cc1ccc(-c2csc(=S)n2CC(=O)NCc2ccccc2CN(C)C)cc1. The molecule has 28 heavy (non-hydrogen) atoms. The number of hydrogen-bond donors (Lipinski definition) is 1. The molecule has 1 amide bonds. The van der Waals surface area contributed by atoms with Crippen molar-refractivity contribution in [2.24, 2.45) is 0 Å². The van der Waals surface area contributed by atoms with Crippen molar-refractivity contribution in [3.8, 4) is 11.3 Å². The molecule has 0 spiro atoms. The van der Waals surface area contributed by atoms with Gasteiger partial charge in [-0.2, -0.15) is 0 Å².